The van der Waals surface area contributed by atoms with Crippen LogP contribution in [0.4, 0.5) is 0 Å². The molecule has 2 aromatic heterocycles. The third kappa shape index (κ3) is 1.86. The number of ether oxygens (including phenoxy) is 1. The second kappa shape index (κ2) is 5.02. The van der Waals surface area contributed by atoms with E-state index in [4.69, 9.17) is 4.74 Å². The van der Waals surface area contributed by atoms with E-state index in [1.807, 2.05) is 12.1 Å². The van der Waals surface area contributed by atoms with Crippen molar-refractivity contribution in [1.29, 1.82) is 0 Å². The molecule has 0 radical (unpaired) electrons. The first kappa shape index (κ1) is 14.4. The molecule has 2 heterocycles. The minimum Gasteiger partial charge on any atom is -0.494 e. The summed E-state index contributed by atoms with van der Waals surface area (Å²) in [4.78, 5) is 3.95. The summed E-state index contributed by atoms with van der Waals surface area (Å²) in [7, 11) is 1.58. The molecule has 1 saturated carbocycles. The quantitative estimate of drug-likeness (QED) is 0.767. The van der Waals surface area contributed by atoms with Crippen LogP contribution in [0.1, 0.15) is 42.2 Å². The Hall–Kier alpha value is -2.96. The average Bonchev–Trinajstić information content (AvgIpc) is 3.39. The third-order valence-electron chi connectivity index (χ3n) is 5.53. The van der Waals surface area contributed by atoms with Gasteiger partial charge >= 0.3 is 0 Å². The van der Waals surface area contributed by atoms with Gasteiger partial charge in [0.25, 0.3) is 0 Å². The Morgan fingerprint density at radius 3 is 2.44 bits per heavy atom. The predicted molar refractivity (Wildman–Crippen MR) is 89.9 cm³/mol. The highest BCUT2D eigenvalue weighted by Crippen LogP contribution is 2.60. The normalized spacial score (nSPS) is 20.8. The summed E-state index contributed by atoms with van der Waals surface area (Å²) in [5.41, 5.74) is 3.24. The monoisotopic (exact) mass is 338 g/mol. The van der Waals surface area contributed by atoms with Gasteiger partial charge in [0.05, 0.1) is 12.8 Å². The van der Waals surface area contributed by atoms with Crippen LogP contribution in [0.3, 0.4) is 0 Å². The first-order valence-electron chi connectivity index (χ1n) is 8.39. The molecule has 25 heavy (non-hydrogen) atoms. The molecule has 2 atom stereocenters. The maximum absolute atomic E-state index is 10.8. The first-order chi connectivity index (χ1) is 12.2. The number of nitrogens with zero attached hydrogens (tertiary/aromatic N) is 4. The van der Waals surface area contributed by atoms with Crippen molar-refractivity contribution in [3.05, 3.63) is 42.0 Å². The molecule has 7 heteroatoms. The molecule has 1 fully saturated rings. The Labute approximate surface area is 144 Å². The second-order valence-electron chi connectivity index (χ2n) is 6.71. The van der Waals surface area contributed by atoms with Crippen LogP contribution >= 0.6 is 0 Å². The topological polar surface area (TPSA) is 85.3 Å². The molecule has 1 aromatic carbocycles. The zero-order chi connectivity index (χ0) is 17.1. The molecule has 7 nitrogen and oxygen atoms in total. The number of hydrogen-bond donors (Lipinski definition) is 2. The Bertz CT molecular complexity index is 928. The van der Waals surface area contributed by atoms with Crippen molar-refractivity contribution in [3.63, 3.8) is 0 Å². The molecule has 2 aliphatic carbocycles. The van der Waals surface area contributed by atoms with Gasteiger partial charge in [-0.05, 0) is 43.2 Å². The molecule has 2 N–H and O–H groups in total. The summed E-state index contributed by atoms with van der Waals surface area (Å²) in [6.45, 7) is 0. The van der Waals surface area contributed by atoms with Crippen LogP contribution < -0.4 is 4.74 Å². The molecule has 0 saturated heterocycles. The summed E-state index contributed by atoms with van der Waals surface area (Å²) >= 11 is 0. The SMILES string of the molecule is COc1cc(-n2c(O)c3c(c2O)C2CCC3C2)ccc1-n1cncn1. The molecule has 2 unspecified atom stereocenters. The van der Waals surface area contributed by atoms with Crippen LogP contribution in [0.25, 0.3) is 11.4 Å². The van der Waals surface area contributed by atoms with E-state index in [1.165, 1.54) is 10.9 Å². The van der Waals surface area contributed by atoms with E-state index in [9.17, 15) is 10.2 Å². The Balaban J connectivity index is 1.66. The van der Waals surface area contributed by atoms with Crippen LogP contribution in [0.15, 0.2) is 30.9 Å². The van der Waals surface area contributed by atoms with E-state index >= 15 is 0 Å². The molecular formula is C18H18N4O3. The van der Waals surface area contributed by atoms with Gasteiger partial charge in [-0.15, -0.1) is 0 Å². The van der Waals surface area contributed by atoms with Crippen LogP contribution in [0, 0.1) is 0 Å². The van der Waals surface area contributed by atoms with Crippen LogP contribution in [0.2, 0.25) is 0 Å². The number of aromatic hydroxyl groups is 2. The fourth-order valence-corrected chi connectivity index (χ4v) is 4.46. The number of benzene rings is 1. The highest BCUT2D eigenvalue weighted by molar-refractivity contribution is 5.61. The van der Waals surface area contributed by atoms with Crippen molar-refractivity contribution in [1.82, 2.24) is 19.3 Å². The lowest BCUT2D eigenvalue weighted by molar-refractivity contribution is 0.392. The lowest BCUT2D eigenvalue weighted by Gasteiger charge is -2.13. The van der Waals surface area contributed by atoms with Crippen molar-refractivity contribution in [3.8, 4) is 28.9 Å². The summed E-state index contributed by atoms with van der Waals surface area (Å²) in [6.07, 6.45) is 6.26. The number of aromatic nitrogens is 4. The minimum atomic E-state index is 0.148. The summed E-state index contributed by atoms with van der Waals surface area (Å²) < 4.78 is 8.60. The molecular weight excluding hydrogens is 320 g/mol. The number of fused-ring (bicyclic) bond motifs is 5. The van der Waals surface area contributed by atoms with E-state index in [-0.39, 0.29) is 11.8 Å². The van der Waals surface area contributed by atoms with Crippen molar-refractivity contribution >= 4 is 0 Å². The lowest BCUT2D eigenvalue weighted by Crippen LogP contribution is -2.01. The smallest absolute Gasteiger partial charge is 0.202 e. The number of rotatable bonds is 3. The molecule has 2 bridgehead atoms. The highest BCUT2D eigenvalue weighted by Gasteiger charge is 2.44. The van der Waals surface area contributed by atoms with Gasteiger partial charge in [-0.3, -0.25) is 4.57 Å². The first-order valence-corrected chi connectivity index (χ1v) is 8.39. The van der Waals surface area contributed by atoms with Crippen LogP contribution in [0.5, 0.6) is 17.5 Å². The van der Waals surface area contributed by atoms with Crippen molar-refractivity contribution < 1.29 is 14.9 Å². The van der Waals surface area contributed by atoms with E-state index in [0.717, 1.165) is 36.1 Å². The summed E-state index contributed by atoms with van der Waals surface area (Å²) in [6, 6.07) is 5.45. The van der Waals surface area contributed by atoms with Crippen molar-refractivity contribution in [2.45, 2.75) is 31.1 Å². The maximum atomic E-state index is 10.8. The fraction of sp³-hybridized carbons (Fsp3) is 0.333. The predicted octanol–water partition coefficient (Wildman–Crippen LogP) is 2.84. The van der Waals surface area contributed by atoms with Gasteiger partial charge < -0.3 is 14.9 Å². The molecule has 5 rings (SSSR count). The molecule has 0 aliphatic heterocycles. The molecule has 0 amide bonds. The molecule has 0 spiro atoms. The maximum Gasteiger partial charge on any atom is 0.202 e. The van der Waals surface area contributed by atoms with Gasteiger partial charge in [-0.25, -0.2) is 9.67 Å². The van der Waals surface area contributed by atoms with E-state index in [2.05, 4.69) is 10.1 Å². The summed E-state index contributed by atoms with van der Waals surface area (Å²) in [5.74, 6) is 1.61. The largest absolute Gasteiger partial charge is 0.494 e. The summed E-state index contributed by atoms with van der Waals surface area (Å²) in [5, 5.41) is 25.6. The number of hydrogen-bond acceptors (Lipinski definition) is 5. The second-order valence-corrected chi connectivity index (χ2v) is 6.71. The molecule has 2 aliphatic rings. The van der Waals surface area contributed by atoms with E-state index in [1.54, 1.807) is 24.2 Å². The Kier molecular flexibility index (Phi) is 2.89. The van der Waals surface area contributed by atoms with Gasteiger partial charge in [0.15, 0.2) is 0 Å². The van der Waals surface area contributed by atoms with Crippen LogP contribution in [-0.2, 0) is 0 Å². The highest BCUT2D eigenvalue weighted by atomic mass is 16.5. The standard InChI is InChI=1S/C18H18N4O3/c1-25-14-7-12(4-5-13(14)21-9-19-8-20-21)22-17(23)15-10-2-3-11(6-10)16(15)18(22)24/h4-5,7-11,23-24H,2-3,6H2,1H3. The van der Waals surface area contributed by atoms with Crippen molar-refractivity contribution in [2.75, 3.05) is 7.11 Å². The fourth-order valence-electron chi connectivity index (χ4n) is 4.46. The molecule has 3 aromatic rings. The van der Waals surface area contributed by atoms with Gasteiger partial charge in [-0.1, -0.05) is 0 Å². The lowest BCUT2D eigenvalue weighted by atomic mass is 9.95. The Morgan fingerprint density at radius 2 is 1.84 bits per heavy atom. The van der Waals surface area contributed by atoms with E-state index < -0.39 is 0 Å². The van der Waals surface area contributed by atoms with Gasteiger partial charge in [0.2, 0.25) is 11.8 Å². The van der Waals surface area contributed by atoms with Gasteiger partial charge in [0, 0.05) is 17.2 Å². The van der Waals surface area contributed by atoms with Gasteiger partial charge in [0.1, 0.15) is 24.1 Å². The zero-order valence-electron chi connectivity index (χ0n) is 13.8. The average molecular weight is 338 g/mol. The number of methoxy groups -OCH3 is 1. The third-order valence-corrected chi connectivity index (χ3v) is 5.53. The Morgan fingerprint density at radius 1 is 1.12 bits per heavy atom. The van der Waals surface area contributed by atoms with E-state index in [0.29, 0.717) is 23.3 Å². The molecule has 128 valence electrons. The zero-order valence-corrected chi connectivity index (χ0v) is 13.8. The van der Waals surface area contributed by atoms with Gasteiger partial charge in [-0.2, -0.15) is 5.10 Å². The van der Waals surface area contributed by atoms with Crippen molar-refractivity contribution in [2.24, 2.45) is 0 Å². The van der Waals surface area contributed by atoms with Crippen LogP contribution in [-0.4, -0.2) is 36.7 Å². The minimum absolute atomic E-state index is 0.148.